The predicted molar refractivity (Wildman–Crippen MR) is 261 cm³/mol. The molecule has 0 fully saturated rings. The fourth-order valence-electron chi connectivity index (χ4n) is 6.65. The molecule has 0 rings (SSSR count). The lowest BCUT2D eigenvalue weighted by Crippen LogP contribution is -2.30. The summed E-state index contributed by atoms with van der Waals surface area (Å²) in [5.74, 6) is -0.937. The maximum Gasteiger partial charge on any atom is 0.306 e. The molecule has 0 aromatic rings. The Hall–Kier alpha value is -3.41. The Labute approximate surface area is 375 Å². The minimum atomic E-state index is -0.793. The zero-order valence-electron chi connectivity index (χ0n) is 39.7. The van der Waals surface area contributed by atoms with Gasteiger partial charge in [-0.15, -0.1) is 0 Å². The van der Waals surface area contributed by atoms with E-state index < -0.39 is 6.10 Å². The number of rotatable bonds is 44. The standard InChI is InChI=1S/C55H92O6/c1-4-7-10-13-16-19-22-24-26-27-28-29-31-33-36-39-42-45-48-54(57)60-51-52(50-59-53(56)47-44-41-38-35-32-21-18-15-12-9-6-3)61-55(58)49-46-43-40-37-34-30-25-23-20-17-14-11-8-5-2/h8,11,15-20,22,24,26-29,52H,4-7,9-10,12-14,21,23,25,30-51H2,1-3H3/b11-8-,18-15-,19-16-,20-17-,24-22-,27-26-,29-28-. The molecule has 1 atom stereocenters. The van der Waals surface area contributed by atoms with E-state index in [0.717, 1.165) is 116 Å². The second-order valence-electron chi connectivity index (χ2n) is 16.4. The first-order valence-corrected chi connectivity index (χ1v) is 25.1. The van der Waals surface area contributed by atoms with Crippen molar-refractivity contribution in [2.75, 3.05) is 13.2 Å². The second-order valence-corrected chi connectivity index (χ2v) is 16.4. The third kappa shape index (κ3) is 47.5. The van der Waals surface area contributed by atoms with E-state index in [1.54, 1.807) is 0 Å². The van der Waals surface area contributed by atoms with Gasteiger partial charge < -0.3 is 14.2 Å². The van der Waals surface area contributed by atoms with Crippen LogP contribution < -0.4 is 0 Å². The molecule has 0 aliphatic carbocycles. The molecule has 6 heteroatoms. The summed E-state index contributed by atoms with van der Waals surface area (Å²) in [6.45, 7) is 6.41. The lowest BCUT2D eigenvalue weighted by Gasteiger charge is -2.18. The first-order chi connectivity index (χ1) is 30.0. The van der Waals surface area contributed by atoms with Crippen LogP contribution in [0.1, 0.15) is 226 Å². The van der Waals surface area contributed by atoms with Gasteiger partial charge in [0, 0.05) is 19.3 Å². The highest BCUT2D eigenvalue weighted by molar-refractivity contribution is 5.71. The fraction of sp³-hybridized carbons (Fsp3) is 0.691. The van der Waals surface area contributed by atoms with Gasteiger partial charge in [-0.3, -0.25) is 14.4 Å². The predicted octanol–water partition coefficient (Wildman–Crippen LogP) is 16.4. The highest BCUT2D eigenvalue weighted by atomic mass is 16.6. The summed E-state index contributed by atoms with van der Waals surface area (Å²) >= 11 is 0. The van der Waals surface area contributed by atoms with Crippen molar-refractivity contribution in [1.82, 2.24) is 0 Å². The number of carbonyl (C=O) groups is 3. The van der Waals surface area contributed by atoms with Crippen LogP contribution in [0.15, 0.2) is 85.1 Å². The van der Waals surface area contributed by atoms with Gasteiger partial charge in [0.1, 0.15) is 13.2 Å². The SMILES string of the molecule is CC/C=C\C/C=C\CCCCCCCCCC(=O)OC(COC(=O)CCCCCCC\C=C/C=C\C=C/C=C\CCCCC)COC(=O)CCCCCCC/C=C\CCCC. The number of hydrogen-bond donors (Lipinski definition) is 0. The third-order valence-corrected chi connectivity index (χ3v) is 10.4. The van der Waals surface area contributed by atoms with Crippen LogP contribution in [0.3, 0.4) is 0 Å². The summed E-state index contributed by atoms with van der Waals surface area (Å²) < 4.78 is 16.7. The van der Waals surface area contributed by atoms with Crippen LogP contribution in [-0.4, -0.2) is 37.2 Å². The van der Waals surface area contributed by atoms with E-state index in [-0.39, 0.29) is 31.1 Å². The molecule has 0 aliphatic rings. The molecule has 0 aliphatic heterocycles. The molecule has 0 heterocycles. The smallest absolute Gasteiger partial charge is 0.306 e. The van der Waals surface area contributed by atoms with E-state index >= 15 is 0 Å². The summed E-state index contributed by atoms with van der Waals surface area (Å²) in [6.07, 6.45) is 62.7. The first-order valence-electron chi connectivity index (χ1n) is 25.1. The molecule has 0 saturated carbocycles. The van der Waals surface area contributed by atoms with Gasteiger partial charge >= 0.3 is 17.9 Å². The molecule has 61 heavy (non-hydrogen) atoms. The van der Waals surface area contributed by atoms with E-state index in [0.29, 0.717) is 19.3 Å². The van der Waals surface area contributed by atoms with Crippen molar-refractivity contribution in [1.29, 1.82) is 0 Å². The molecular formula is C55H92O6. The van der Waals surface area contributed by atoms with Crippen molar-refractivity contribution in [3.63, 3.8) is 0 Å². The molecule has 0 aromatic carbocycles. The maximum absolute atomic E-state index is 12.8. The lowest BCUT2D eigenvalue weighted by molar-refractivity contribution is -0.167. The second kappa shape index (κ2) is 49.2. The van der Waals surface area contributed by atoms with E-state index in [1.807, 2.05) is 0 Å². The van der Waals surface area contributed by atoms with Gasteiger partial charge in [0.2, 0.25) is 0 Å². The molecule has 0 aromatic heterocycles. The summed E-state index contributed by atoms with van der Waals surface area (Å²) in [6, 6.07) is 0. The lowest BCUT2D eigenvalue weighted by atomic mass is 10.1. The molecule has 0 radical (unpaired) electrons. The Kier molecular flexibility index (Phi) is 46.5. The number of unbranched alkanes of at least 4 members (excludes halogenated alkanes) is 22. The van der Waals surface area contributed by atoms with Crippen LogP contribution >= 0.6 is 0 Å². The minimum Gasteiger partial charge on any atom is -0.462 e. The molecule has 0 amide bonds. The van der Waals surface area contributed by atoms with E-state index in [1.165, 1.54) is 70.6 Å². The van der Waals surface area contributed by atoms with Crippen LogP contribution in [0.25, 0.3) is 0 Å². The summed E-state index contributed by atoms with van der Waals surface area (Å²) in [4.78, 5) is 37.9. The van der Waals surface area contributed by atoms with Gasteiger partial charge in [-0.2, -0.15) is 0 Å². The van der Waals surface area contributed by atoms with Gasteiger partial charge in [-0.1, -0.05) is 202 Å². The van der Waals surface area contributed by atoms with Crippen LogP contribution in [0.5, 0.6) is 0 Å². The van der Waals surface area contributed by atoms with Crippen molar-refractivity contribution >= 4 is 17.9 Å². The normalized spacial score (nSPS) is 12.8. The zero-order valence-corrected chi connectivity index (χ0v) is 39.7. The fourth-order valence-corrected chi connectivity index (χ4v) is 6.65. The molecule has 0 N–H and O–H groups in total. The topological polar surface area (TPSA) is 78.9 Å². The summed E-state index contributed by atoms with van der Waals surface area (Å²) in [7, 11) is 0. The zero-order chi connectivity index (χ0) is 44.4. The number of carbonyl (C=O) groups excluding carboxylic acids is 3. The van der Waals surface area contributed by atoms with Crippen molar-refractivity contribution in [2.24, 2.45) is 0 Å². The van der Waals surface area contributed by atoms with Gasteiger partial charge in [0.15, 0.2) is 6.10 Å². The Morgan fingerprint density at radius 3 is 1.20 bits per heavy atom. The number of hydrogen-bond acceptors (Lipinski definition) is 6. The minimum absolute atomic E-state index is 0.0929. The summed E-state index contributed by atoms with van der Waals surface area (Å²) in [5, 5.41) is 0. The maximum atomic E-state index is 12.8. The number of ether oxygens (including phenoxy) is 3. The Balaban J connectivity index is 4.44. The Bertz CT molecular complexity index is 1200. The van der Waals surface area contributed by atoms with Crippen LogP contribution in [-0.2, 0) is 28.6 Å². The van der Waals surface area contributed by atoms with Crippen molar-refractivity contribution in [2.45, 2.75) is 232 Å². The average Bonchev–Trinajstić information content (AvgIpc) is 3.26. The van der Waals surface area contributed by atoms with Gasteiger partial charge in [0.25, 0.3) is 0 Å². The van der Waals surface area contributed by atoms with Crippen molar-refractivity contribution in [3.8, 4) is 0 Å². The van der Waals surface area contributed by atoms with Crippen LogP contribution in [0.2, 0.25) is 0 Å². The molecular weight excluding hydrogens is 757 g/mol. The quantitative estimate of drug-likeness (QED) is 0.0200. The van der Waals surface area contributed by atoms with E-state index in [9.17, 15) is 14.4 Å². The van der Waals surface area contributed by atoms with E-state index in [4.69, 9.17) is 14.2 Å². The number of allylic oxidation sites excluding steroid dienone is 14. The van der Waals surface area contributed by atoms with Gasteiger partial charge in [-0.05, 0) is 89.9 Å². The average molecular weight is 849 g/mol. The first kappa shape index (κ1) is 57.6. The highest BCUT2D eigenvalue weighted by Gasteiger charge is 2.19. The summed E-state index contributed by atoms with van der Waals surface area (Å²) in [5.41, 5.74) is 0. The van der Waals surface area contributed by atoms with Crippen LogP contribution in [0.4, 0.5) is 0 Å². The van der Waals surface area contributed by atoms with Crippen molar-refractivity contribution in [3.05, 3.63) is 85.1 Å². The molecule has 0 saturated heterocycles. The molecule has 0 bridgehead atoms. The van der Waals surface area contributed by atoms with Gasteiger partial charge in [-0.25, -0.2) is 0 Å². The third-order valence-electron chi connectivity index (χ3n) is 10.4. The Morgan fingerprint density at radius 1 is 0.361 bits per heavy atom. The van der Waals surface area contributed by atoms with Gasteiger partial charge in [0.05, 0.1) is 0 Å². The highest BCUT2D eigenvalue weighted by Crippen LogP contribution is 2.14. The molecule has 6 nitrogen and oxygen atoms in total. The Morgan fingerprint density at radius 2 is 0.721 bits per heavy atom. The van der Waals surface area contributed by atoms with E-state index in [2.05, 4.69) is 106 Å². The van der Waals surface area contributed by atoms with Crippen molar-refractivity contribution < 1.29 is 28.6 Å². The number of esters is 3. The van der Waals surface area contributed by atoms with Crippen LogP contribution in [0, 0.1) is 0 Å². The molecule has 1 unspecified atom stereocenters. The molecule has 0 spiro atoms. The monoisotopic (exact) mass is 849 g/mol. The molecule has 348 valence electrons. The largest absolute Gasteiger partial charge is 0.462 e.